The summed E-state index contributed by atoms with van der Waals surface area (Å²) in [7, 11) is 4.38. The van der Waals surface area contributed by atoms with E-state index >= 15 is 0 Å². The Morgan fingerprint density at radius 2 is 1.86 bits per heavy atom. The second kappa shape index (κ2) is 11.9. The topological polar surface area (TPSA) is 49.0 Å². The first-order valence-electron chi connectivity index (χ1n) is 13.1. The minimum atomic E-state index is -0.390. The summed E-state index contributed by atoms with van der Waals surface area (Å²) in [5.74, 6) is 7.41. The summed E-state index contributed by atoms with van der Waals surface area (Å²) < 4.78 is 0. The molecule has 1 atom stereocenters. The van der Waals surface area contributed by atoms with Crippen LogP contribution in [0.2, 0.25) is 0 Å². The van der Waals surface area contributed by atoms with E-state index in [2.05, 4.69) is 86.1 Å². The van der Waals surface area contributed by atoms with Gasteiger partial charge in [0.05, 0.1) is 5.41 Å². The average Bonchev–Trinajstić information content (AvgIpc) is 2.87. The minimum Gasteiger partial charge on any atom is -0.322 e. The molecular weight excluding hydrogens is 442 g/mol. The van der Waals surface area contributed by atoms with Gasteiger partial charge in [0.1, 0.15) is 0 Å². The number of nitrogens with zero attached hydrogens (tertiary/aromatic N) is 2. The molecule has 1 unspecified atom stereocenters. The Kier molecular flexibility index (Phi) is 9.14. The van der Waals surface area contributed by atoms with Crippen molar-refractivity contribution in [3.05, 3.63) is 75.3 Å². The quantitative estimate of drug-likeness (QED) is 0.386. The van der Waals surface area contributed by atoms with Gasteiger partial charge >= 0.3 is 0 Å². The van der Waals surface area contributed by atoms with Crippen molar-refractivity contribution in [3.63, 3.8) is 0 Å². The molecule has 4 nitrogen and oxygen atoms in total. The maximum absolute atomic E-state index is 12.4. The number of rotatable bonds is 6. The lowest BCUT2D eigenvalue weighted by Crippen LogP contribution is -2.31. The molecule has 1 fully saturated rings. The number of nitrogens with one attached hydrogen (secondary N) is 1. The summed E-state index contributed by atoms with van der Waals surface area (Å²) in [6, 6.07) is 15.6. The van der Waals surface area contributed by atoms with Crippen molar-refractivity contribution in [1.82, 2.24) is 14.9 Å². The Morgan fingerprint density at radius 3 is 2.53 bits per heavy atom. The minimum absolute atomic E-state index is 0. The number of aromatic amines is 1. The third-order valence-electron chi connectivity index (χ3n) is 7.69. The molecule has 0 radical (unpaired) electrons. The van der Waals surface area contributed by atoms with Crippen molar-refractivity contribution in [3.8, 4) is 11.8 Å². The number of fused-ring (bicyclic) bond motifs is 1. The van der Waals surface area contributed by atoms with E-state index in [1.165, 1.54) is 31.4 Å². The molecule has 0 saturated heterocycles. The van der Waals surface area contributed by atoms with Gasteiger partial charge in [0.25, 0.3) is 5.56 Å². The van der Waals surface area contributed by atoms with Crippen LogP contribution in [0.4, 0.5) is 0 Å². The van der Waals surface area contributed by atoms with Crippen LogP contribution in [0.3, 0.4) is 0 Å². The van der Waals surface area contributed by atoms with E-state index in [1.54, 1.807) is 0 Å². The van der Waals surface area contributed by atoms with Crippen molar-refractivity contribution >= 4 is 10.9 Å². The van der Waals surface area contributed by atoms with E-state index in [0.717, 1.165) is 47.0 Å². The molecule has 0 bridgehead atoms. The van der Waals surface area contributed by atoms with E-state index in [1.807, 2.05) is 13.0 Å². The van der Waals surface area contributed by atoms with Gasteiger partial charge in [0.2, 0.25) is 0 Å². The van der Waals surface area contributed by atoms with Crippen molar-refractivity contribution in [2.24, 2.45) is 0 Å². The van der Waals surface area contributed by atoms with Crippen LogP contribution in [0, 0.1) is 11.8 Å². The second-order valence-electron chi connectivity index (χ2n) is 10.5. The summed E-state index contributed by atoms with van der Waals surface area (Å²) in [5.41, 5.74) is 4.72. The van der Waals surface area contributed by atoms with Crippen LogP contribution in [-0.4, -0.2) is 35.0 Å². The van der Waals surface area contributed by atoms with Gasteiger partial charge in [0, 0.05) is 48.7 Å². The van der Waals surface area contributed by atoms with Crippen molar-refractivity contribution in [2.45, 2.75) is 90.5 Å². The van der Waals surface area contributed by atoms with Crippen molar-refractivity contribution < 1.29 is 1.43 Å². The van der Waals surface area contributed by atoms with E-state index < -0.39 is 5.41 Å². The summed E-state index contributed by atoms with van der Waals surface area (Å²) in [6.07, 6.45) is 7.14. The third kappa shape index (κ3) is 6.08. The van der Waals surface area contributed by atoms with Crippen LogP contribution in [0.5, 0.6) is 0 Å². The summed E-state index contributed by atoms with van der Waals surface area (Å²) in [4.78, 5) is 23.0. The number of hydrogen-bond acceptors (Lipinski definition) is 3. The van der Waals surface area contributed by atoms with Gasteiger partial charge in [-0.1, -0.05) is 45.4 Å². The van der Waals surface area contributed by atoms with Gasteiger partial charge < -0.3 is 9.88 Å². The molecule has 1 aliphatic carbocycles. The lowest BCUT2D eigenvalue weighted by Gasteiger charge is -2.32. The molecule has 0 spiro atoms. The summed E-state index contributed by atoms with van der Waals surface area (Å²) in [5, 5.41) is 1.06. The fourth-order valence-corrected chi connectivity index (χ4v) is 5.43. The van der Waals surface area contributed by atoms with E-state index in [4.69, 9.17) is 4.98 Å². The first-order valence-corrected chi connectivity index (χ1v) is 13.1. The molecule has 1 aliphatic rings. The highest BCUT2D eigenvalue weighted by atomic mass is 16.1. The molecule has 3 aromatic rings. The maximum Gasteiger partial charge on any atom is 0.251 e. The van der Waals surface area contributed by atoms with Gasteiger partial charge in [-0.25, -0.2) is 0 Å². The van der Waals surface area contributed by atoms with Crippen LogP contribution in [-0.2, 0) is 18.3 Å². The van der Waals surface area contributed by atoms with Crippen molar-refractivity contribution in [2.75, 3.05) is 14.1 Å². The van der Waals surface area contributed by atoms with Gasteiger partial charge in [-0.15, -0.1) is 5.92 Å². The average molecular weight is 488 g/mol. The Balaban J connectivity index is 0.00000241. The zero-order chi connectivity index (χ0) is 25.0. The predicted octanol–water partition coefficient (Wildman–Crippen LogP) is 6.87. The highest BCUT2D eigenvalue weighted by Crippen LogP contribution is 2.34. The van der Waals surface area contributed by atoms with E-state index in [0.29, 0.717) is 12.0 Å². The highest BCUT2D eigenvalue weighted by Gasteiger charge is 2.28. The lowest BCUT2D eigenvalue weighted by atomic mass is 9.78. The monoisotopic (exact) mass is 487 g/mol. The molecule has 36 heavy (non-hydrogen) atoms. The normalized spacial score (nSPS) is 19.3. The second-order valence-corrected chi connectivity index (χ2v) is 10.5. The smallest absolute Gasteiger partial charge is 0.251 e. The Hall–Kier alpha value is -2.90. The molecule has 4 heteroatoms. The Labute approximate surface area is 219 Å². The zero-order valence-corrected chi connectivity index (χ0v) is 21.9. The fourth-order valence-electron chi connectivity index (χ4n) is 5.43. The molecule has 4 rings (SSSR count). The van der Waals surface area contributed by atoms with Gasteiger partial charge in [0.15, 0.2) is 0 Å². The number of H-pyrrole nitrogens is 1. The number of aromatic nitrogens is 2. The largest absolute Gasteiger partial charge is 0.322 e. The first-order chi connectivity index (χ1) is 16.8. The zero-order valence-electron chi connectivity index (χ0n) is 21.9. The van der Waals surface area contributed by atoms with Gasteiger partial charge in [-0.05, 0) is 88.3 Å². The van der Waals surface area contributed by atoms with Crippen LogP contribution in [0.25, 0.3) is 10.9 Å². The summed E-state index contributed by atoms with van der Waals surface area (Å²) >= 11 is 0. The highest BCUT2D eigenvalue weighted by molar-refractivity contribution is 5.80. The lowest BCUT2D eigenvalue weighted by molar-refractivity contribution is 0.215. The standard InChI is InChI=1S/C31H39N3O.CH4.H2/c1-6-8-18-31(3,25-15-12-24-19-22(7-2)30(35)33-29(24)20-25)21-26-10-9-11-28(32-26)23-13-16-27(17-14-23)34(4)5;;/h9-12,15,19-20,23,27H,6-7,13-14,16-17,21H2,1-5H3,(H,33,35);1H4;1H. The number of benzene rings is 1. The van der Waals surface area contributed by atoms with Crippen LogP contribution in [0.15, 0.2) is 47.3 Å². The van der Waals surface area contributed by atoms with E-state index in [-0.39, 0.29) is 14.4 Å². The molecule has 2 heterocycles. The maximum atomic E-state index is 12.4. The molecule has 1 N–H and O–H groups in total. The Bertz CT molecular complexity index is 1290. The SMILES string of the molecule is C.CCC#CC(C)(Cc1cccc(C2CCC(N(C)C)CC2)n1)c1ccc2cc(CC)c(=O)[nH]c2c1.[HH]. The number of pyridine rings is 2. The summed E-state index contributed by atoms with van der Waals surface area (Å²) in [6.45, 7) is 6.30. The molecule has 0 amide bonds. The van der Waals surface area contributed by atoms with Crippen LogP contribution in [0.1, 0.15) is 90.2 Å². The molecule has 2 aromatic heterocycles. The van der Waals surface area contributed by atoms with Crippen LogP contribution < -0.4 is 5.56 Å². The third-order valence-corrected chi connectivity index (χ3v) is 7.69. The molecular formula is C32H45N3O. The van der Waals surface area contributed by atoms with Gasteiger partial charge in [-0.2, -0.15) is 0 Å². The number of aryl methyl sites for hydroxylation is 1. The fraction of sp³-hybridized carbons (Fsp3) is 0.500. The molecule has 1 aromatic carbocycles. The molecule has 194 valence electrons. The Morgan fingerprint density at radius 1 is 1.11 bits per heavy atom. The molecule has 1 saturated carbocycles. The predicted molar refractivity (Wildman–Crippen MR) is 155 cm³/mol. The van der Waals surface area contributed by atoms with Crippen LogP contribution >= 0.6 is 0 Å². The van der Waals surface area contributed by atoms with Gasteiger partial charge in [-0.3, -0.25) is 9.78 Å². The number of hydrogen-bond donors (Lipinski definition) is 1. The molecule has 0 aliphatic heterocycles. The first kappa shape index (κ1) is 27.7. The van der Waals surface area contributed by atoms with Crippen molar-refractivity contribution in [1.29, 1.82) is 0 Å². The van der Waals surface area contributed by atoms with E-state index in [9.17, 15) is 4.79 Å².